The van der Waals surface area contributed by atoms with Crippen LogP contribution in [0.1, 0.15) is 22.7 Å². The van der Waals surface area contributed by atoms with Gasteiger partial charge < -0.3 is 10.7 Å². The van der Waals surface area contributed by atoms with Gasteiger partial charge in [0.25, 0.3) is 0 Å². The molecule has 0 aliphatic heterocycles. The zero-order valence-electron chi connectivity index (χ0n) is 11.1. The summed E-state index contributed by atoms with van der Waals surface area (Å²) in [5.41, 5.74) is 11.0. The SMILES string of the molecule is Cc1[nH]c2ccccc2c1C(CN)c1ccccc1. The van der Waals surface area contributed by atoms with E-state index in [1.165, 1.54) is 27.7 Å². The molecule has 1 aromatic heterocycles. The quantitative estimate of drug-likeness (QED) is 0.733. The molecule has 0 saturated carbocycles. The van der Waals surface area contributed by atoms with Gasteiger partial charge in [-0.3, -0.25) is 0 Å². The number of para-hydroxylation sites is 1. The highest BCUT2D eigenvalue weighted by molar-refractivity contribution is 5.85. The molecule has 0 aliphatic rings. The van der Waals surface area contributed by atoms with Crippen LogP contribution in [0.25, 0.3) is 10.9 Å². The minimum Gasteiger partial charge on any atom is -0.358 e. The van der Waals surface area contributed by atoms with Gasteiger partial charge in [-0.2, -0.15) is 0 Å². The lowest BCUT2D eigenvalue weighted by Gasteiger charge is -2.16. The van der Waals surface area contributed by atoms with Crippen LogP contribution in [0.2, 0.25) is 0 Å². The summed E-state index contributed by atoms with van der Waals surface area (Å²) < 4.78 is 0. The lowest BCUT2D eigenvalue weighted by Crippen LogP contribution is -2.14. The van der Waals surface area contributed by atoms with Crippen molar-refractivity contribution in [2.75, 3.05) is 6.54 Å². The second-order valence-corrected chi connectivity index (χ2v) is 4.91. The maximum absolute atomic E-state index is 6.04. The Balaban J connectivity index is 2.19. The molecule has 96 valence electrons. The van der Waals surface area contributed by atoms with Crippen molar-refractivity contribution < 1.29 is 0 Å². The normalized spacial score (nSPS) is 12.7. The van der Waals surface area contributed by atoms with Crippen LogP contribution in [0.4, 0.5) is 0 Å². The van der Waals surface area contributed by atoms with Gasteiger partial charge in [0.05, 0.1) is 0 Å². The highest BCUT2D eigenvalue weighted by atomic mass is 14.7. The van der Waals surface area contributed by atoms with Crippen LogP contribution < -0.4 is 5.73 Å². The molecule has 1 atom stereocenters. The highest BCUT2D eigenvalue weighted by Gasteiger charge is 2.18. The monoisotopic (exact) mass is 250 g/mol. The van der Waals surface area contributed by atoms with Gasteiger partial charge in [0.2, 0.25) is 0 Å². The van der Waals surface area contributed by atoms with Crippen LogP contribution in [-0.4, -0.2) is 11.5 Å². The summed E-state index contributed by atoms with van der Waals surface area (Å²) in [7, 11) is 0. The maximum atomic E-state index is 6.04. The number of nitrogens with one attached hydrogen (secondary N) is 1. The summed E-state index contributed by atoms with van der Waals surface area (Å²) >= 11 is 0. The Morgan fingerprint density at radius 3 is 2.42 bits per heavy atom. The van der Waals surface area contributed by atoms with Crippen LogP contribution in [0, 0.1) is 6.92 Å². The van der Waals surface area contributed by atoms with Gasteiger partial charge in [0, 0.05) is 29.1 Å². The standard InChI is InChI=1S/C17H18N2/c1-12-17(14-9-5-6-10-16(14)19-12)15(11-18)13-7-3-2-4-8-13/h2-10,15,19H,11,18H2,1H3. The van der Waals surface area contributed by atoms with Gasteiger partial charge in [0.1, 0.15) is 0 Å². The summed E-state index contributed by atoms with van der Waals surface area (Å²) in [6, 6.07) is 18.9. The van der Waals surface area contributed by atoms with Crippen molar-refractivity contribution in [1.29, 1.82) is 0 Å². The fraction of sp³-hybridized carbons (Fsp3) is 0.176. The van der Waals surface area contributed by atoms with E-state index < -0.39 is 0 Å². The average Bonchev–Trinajstić information content (AvgIpc) is 2.78. The minimum atomic E-state index is 0.248. The highest BCUT2D eigenvalue weighted by Crippen LogP contribution is 2.32. The molecular weight excluding hydrogens is 232 g/mol. The van der Waals surface area contributed by atoms with E-state index in [1.807, 2.05) is 6.07 Å². The van der Waals surface area contributed by atoms with E-state index in [0.717, 1.165) is 0 Å². The molecule has 3 rings (SSSR count). The molecule has 19 heavy (non-hydrogen) atoms. The molecule has 0 fully saturated rings. The lowest BCUT2D eigenvalue weighted by atomic mass is 9.89. The molecule has 0 amide bonds. The van der Waals surface area contributed by atoms with Crippen LogP contribution in [0.15, 0.2) is 54.6 Å². The van der Waals surface area contributed by atoms with E-state index in [0.29, 0.717) is 6.54 Å². The first-order chi connectivity index (χ1) is 9.31. The average molecular weight is 250 g/mol. The molecule has 3 N–H and O–H groups in total. The van der Waals surface area contributed by atoms with E-state index >= 15 is 0 Å². The number of hydrogen-bond donors (Lipinski definition) is 2. The Labute approximate surface area is 113 Å². The van der Waals surface area contributed by atoms with Gasteiger partial charge >= 0.3 is 0 Å². The Hall–Kier alpha value is -2.06. The van der Waals surface area contributed by atoms with Crippen LogP contribution in [-0.2, 0) is 0 Å². The molecule has 0 saturated heterocycles. The van der Waals surface area contributed by atoms with Crippen LogP contribution in [0.3, 0.4) is 0 Å². The molecule has 2 heteroatoms. The van der Waals surface area contributed by atoms with Gasteiger partial charge in [-0.15, -0.1) is 0 Å². The van der Waals surface area contributed by atoms with Crippen LogP contribution >= 0.6 is 0 Å². The molecule has 2 aromatic carbocycles. The largest absolute Gasteiger partial charge is 0.358 e. The number of hydrogen-bond acceptors (Lipinski definition) is 1. The smallest absolute Gasteiger partial charge is 0.0459 e. The molecule has 0 aliphatic carbocycles. The summed E-state index contributed by atoms with van der Waals surface area (Å²) in [5.74, 6) is 0.248. The van der Waals surface area contributed by atoms with Crippen molar-refractivity contribution in [3.63, 3.8) is 0 Å². The predicted octanol–water partition coefficient (Wildman–Crippen LogP) is 3.57. The Morgan fingerprint density at radius 2 is 1.68 bits per heavy atom. The van der Waals surface area contributed by atoms with Gasteiger partial charge in [-0.25, -0.2) is 0 Å². The first kappa shape index (κ1) is 12.0. The number of aromatic amines is 1. The van der Waals surface area contributed by atoms with E-state index in [4.69, 9.17) is 5.73 Å². The summed E-state index contributed by atoms with van der Waals surface area (Å²) in [6.45, 7) is 2.74. The van der Waals surface area contributed by atoms with Gasteiger partial charge in [0.15, 0.2) is 0 Å². The second kappa shape index (κ2) is 4.90. The molecular formula is C17H18N2. The third-order valence-corrected chi connectivity index (χ3v) is 3.73. The Bertz CT molecular complexity index is 683. The number of rotatable bonds is 3. The third kappa shape index (κ3) is 2.04. The van der Waals surface area contributed by atoms with Crippen molar-refractivity contribution in [3.05, 3.63) is 71.4 Å². The summed E-state index contributed by atoms with van der Waals surface area (Å²) in [4.78, 5) is 3.46. The van der Waals surface area contributed by atoms with Crippen molar-refractivity contribution >= 4 is 10.9 Å². The number of aromatic nitrogens is 1. The number of nitrogens with two attached hydrogens (primary N) is 1. The van der Waals surface area contributed by atoms with E-state index in [-0.39, 0.29) is 5.92 Å². The third-order valence-electron chi connectivity index (χ3n) is 3.73. The van der Waals surface area contributed by atoms with Gasteiger partial charge in [-0.05, 0) is 24.1 Å². The zero-order chi connectivity index (χ0) is 13.2. The second-order valence-electron chi connectivity index (χ2n) is 4.91. The van der Waals surface area contributed by atoms with Crippen LogP contribution in [0.5, 0.6) is 0 Å². The number of fused-ring (bicyclic) bond motifs is 1. The molecule has 2 nitrogen and oxygen atoms in total. The zero-order valence-corrected chi connectivity index (χ0v) is 11.1. The van der Waals surface area contributed by atoms with E-state index in [9.17, 15) is 0 Å². The fourth-order valence-corrected chi connectivity index (χ4v) is 2.85. The Morgan fingerprint density at radius 1 is 1.00 bits per heavy atom. The lowest BCUT2D eigenvalue weighted by molar-refractivity contribution is 0.817. The number of H-pyrrole nitrogens is 1. The molecule has 3 aromatic rings. The molecule has 1 unspecified atom stereocenters. The first-order valence-electron chi connectivity index (χ1n) is 6.63. The van der Waals surface area contributed by atoms with E-state index in [1.54, 1.807) is 0 Å². The predicted molar refractivity (Wildman–Crippen MR) is 80.4 cm³/mol. The van der Waals surface area contributed by atoms with Crippen molar-refractivity contribution in [1.82, 2.24) is 4.98 Å². The van der Waals surface area contributed by atoms with Crippen molar-refractivity contribution in [3.8, 4) is 0 Å². The topological polar surface area (TPSA) is 41.8 Å². The number of aryl methyl sites for hydroxylation is 1. The first-order valence-corrected chi connectivity index (χ1v) is 6.63. The minimum absolute atomic E-state index is 0.248. The number of benzene rings is 2. The molecule has 0 bridgehead atoms. The Kier molecular flexibility index (Phi) is 3.10. The molecule has 0 radical (unpaired) electrons. The van der Waals surface area contributed by atoms with Gasteiger partial charge in [-0.1, -0.05) is 48.5 Å². The summed E-state index contributed by atoms with van der Waals surface area (Å²) in [6.07, 6.45) is 0. The maximum Gasteiger partial charge on any atom is 0.0459 e. The van der Waals surface area contributed by atoms with E-state index in [2.05, 4.69) is 60.4 Å². The molecule has 1 heterocycles. The molecule has 0 spiro atoms. The summed E-state index contributed by atoms with van der Waals surface area (Å²) in [5, 5.41) is 1.28. The fourth-order valence-electron chi connectivity index (χ4n) is 2.85. The van der Waals surface area contributed by atoms with Crippen molar-refractivity contribution in [2.45, 2.75) is 12.8 Å². The van der Waals surface area contributed by atoms with Crippen molar-refractivity contribution in [2.24, 2.45) is 5.73 Å².